The van der Waals surface area contributed by atoms with Crippen LogP contribution in [0.1, 0.15) is 18.7 Å². The van der Waals surface area contributed by atoms with Gasteiger partial charge in [-0.3, -0.25) is 0 Å². The maximum atomic E-state index is 11.1. The van der Waals surface area contributed by atoms with Gasteiger partial charge in [-0.2, -0.15) is 0 Å². The molecule has 1 N–H and O–H groups in total. The Morgan fingerprint density at radius 2 is 2.22 bits per heavy atom. The highest BCUT2D eigenvalue weighted by molar-refractivity contribution is 5.64. The molecule has 0 spiro atoms. The molecule has 0 amide bonds. The summed E-state index contributed by atoms with van der Waals surface area (Å²) in [6.45, 7) is 3.08. The summed E-state index contributed by atoms with van der Waals surface area (Å²) in [5.41, 5.74) is 0.701. The summed E-state index contributed by atoms with van der Waals surface area (Å²) >= 11 is 0. The van der Waals surface area contributed by atoms with Crippen LogP contribution in [0.15, 0.2) is 11.5 Å². The van der Waals surface area contributed by atoms with Crippen molar-refractivity contribution in [3.8, 4) is 0 Å². The quantitative estimate of drug-likeness (QED) is 0.645. The lowest BCUT2D eigenvalue weighted by Crippen LogP contribution is -2.36. The SMILES string of the molecule is CNc1cnc(C)nc1N(N=O)C1CCOCC1. The van der Waals surface area contributed by atoms with Crippen LogP contribution in [0, 0.1) is 11.8 Å². The van der Waals surface area contributed by atoms with Gasteiger partial charge < -0.3 is 10.1 Å². The summed E-state index contributed by atoms with van der Waals surface area (Å²) < 4.78 is 5.29. The molecule has 0 bridgehead atoms. The largest absolute Gasteiger partial charge is 0.384 e. The van der Waals surface area contributed by atoms with Gasteiger partial charge in [-0.15, -0.1) is 4.91 Å². The molecular weight excluding hydrogens is 234 g/mol. The minimum atomic E-state index is 0.0395. The number of ether oxygens (including phenoxy) is 1. The van der Waals surface area contributed by atoms with E-state index in [9.17, 15) is 4.91 Å². The highest BCUT2D eigenvalue weighted by Crippen LogP contribution is 2.27. The monoisotopic (exact) mass is 251 g/mol. The smallest absolute Gasteiger partial charge is 0.178 e. The van der Waals surface area contributed by atoms with E-state index < -0.39 is 0 Å². The third-order valence-corrected chi connectivity index (χ3v) is 3.00. The average Bonchev–Trinajstić information content (AvgIpc) is 2.41. The van der Waals surface area contributed by atoms with Gasteiger partial charge >= 0.3 is 0 Å². The Balaban J connectivity index is 2.30. The lowest BCUT2D eigenvalue weighted by molar-refractivity contribution is 0.0843. The van der Waals surface area contributed by atoms with E-state index in [0.29, 0.717) is 30.5 Å². The van der Waals surface area contributed by atoms with Gasteiger partial charge in [-0.25, -0.2) is 15.0 Å². The third-order valence-electron chi connectivity index (χ3n) is 3.00. The molecule has 0 atom stereocenters. The van der Waals surface area contributed by atoms with E-state index in [4.69, 9.17) is 4.74 Å². The van der Waals surface area contributed by atoms with Crippen molar-refractivity contribution in [1.82, 2.24) is 9.97 Å². The maximum Gasteiger partial charge on any atom is 0.178 e. The first kappa shape index (κ1) is 12.7. The molecule has 1 saturated heterocycles. The number of nitrogens with one attached hydrogen (secondary N) is 1. The van der Waals surface area contributed by atoms with E-state index in [1.54, 1.807) is 20.2 Å². The number of nitrogens with zero attached hydrogens (tertiary/aromatic N) is 4. The molecule has 1 aromatic rings. The molecular formula is C11H17N5O2. The second-order valence-corrected chi connectivity index (χ2v) is 4.17. The summed E-state index contributed by atoms with van der Waals surface area (Å²) in [7, 11) is 1.77. The van der Waals surface area contributed by atoms with Crippen molar-refractivity contribution >= 4 is 11.5 Å². The van der Waals surface area contributed by atoms with Crippen LogP contribution in [0.4, 0.5) is 11.5 Å². The van der Waals surface area contributed by atoms with Crippen molar-refractivity contribution in [3.05, 3.63) is 16.9 Å². The van der Waals surface area contributed by atoms with Gasteiger partial charge in [0.2, 0.25) is 0 Å². The van der Waals surface area contributed by atoms with Crippen LogP contribution in [0.25, 0.3) is 0 Å². The summed E-state index contributed by atoms with van der Waals surface area (Å²) in [6, 6.07) is 0.0395. The molecule has 0 radical (unpaired) electrons. The van der Waals surface area contributed by atoms with Crippen LogP contribution in [-0.2, 0) is 4.74 Å². The van der Waals surface area contributed by atoms with E-state index in [-0.39, 0.29) is 6.04 Å². The van der Waals surface area contributed by atoms with Gasteiger partial charge in [0, 0.05) is 20.3 Å². The van der Waals surface area contributed by atoms with Crippen LogP contribution in [0.5, 0.6) is 0 Å². The Morgan fingerprint density at radius 3 is 2.83 bits per heavy atom. The third kappa shape index (κ3) is 2.56. The Labute approximate surface area is 106 Å². The highest BCUT2D eigenvalue weighted by Gasteiger charge is 2.26. The van der Waals surface area contributed by atoms with E-state index in [1.165, 1.54) is 5.01 Å². The maximum absolute atomic E-state index is 11.1. The summed E-state index contributed by atoms with van der Waals surface area (Å²) in [4.78, 5) is 19.5. The van der Waals surface area contributed by atoms with E-state index >= 15 is 0 Å². The van der Waals surface area contributed by atoms with Gasteiger partial charge in [-0.05, 0) is 19.8 Å². The van der Waals surface area contributed by atoms with Crippen molar-refractivity contribution in [2.24, 2.45) is 5.29 Å². The summed E-state index contributed by atoms with van der Waals surface area (Å²) in [5, 5.41) is 7.54. The van der Waals surface area contributed by atoms with Gasteiger partial charge in [0.25, 0.3) is 0 Å². The van der Waals surface area contributed by atoms with Crippen molar-refractivity contribution in [2.75, 3.05) is 30.6 Å². The minimum absolute atomic E-state index is 0.0395. The van der Waals surface area contributed by atoms with Crippen LogP contribution in [0.3, 0.4) is 0 Å². The molecule has 18 heavy (non-hydrogen) atoms. The highest BCUT2D eigenvalue weighted by atomic mass is 16.5. The topological polar surface area (TPSA) is 79.7 Å². The normalized spacial score (nSPS) is 16.3. The second kappa shape index (κ2) is 5.72. The molecule has 2 heterocycles. The Kier molecular flexibility index (Phi) is 4.03. The standard InChI is InChI=1S/C11H17N5O2/c1-8-13-7-10(12-2)11(14-8)16(15-17)9-3-5-18-6-4-9/h7,9,12H,3-6H2,1-2H3. The fraction of sp³-hybridized carbons (Fsp3) is 0.636. The molecule has 1 aliphatic rings. The lowest BCUT2D eigenvalue weighted by Gasteiger charge is -2.29. The Morgan fingerprint density at radius 1 is 1.50 bits per heavy atom. The molecule has 1 aromatic heterocycles. The first-order valence-electron chi connectivity index (χ1n) is 5.98. The van der Waals surface area contributed by atoms with Gasteiger partial charge in [0.15, 0.2) is 5.82 Å². The first-order valence-corrected chi connectivity index (χ1v) is 5.98. The Bertz CT molecular complexity index is 420. The van der Waals surface area contributed by atoms with E-state index in [1.807, 2.05) is 0 Å². The predicted molar refractivity (Wildman–Crippen MR) is 68.4 cm³/mol. The number of aromatic nitrogens is 2. The molecule has 2 rings (SSSR count). The molecule has 7 nitrogen and oxygen atoms in total. The second-order valence-electron chi connectivity index (χ2n) is 4.17. The number of hydrogen-bond acceptors (Lipinski definition) is 6. The van der Waals surface area contributed by atoms with E-state index in [0.717, 1.165) is 12.8 Å². The molecule has 0 unspecified atom stereocenters. The molecule has 1 aliphatic heterocycles. The van der Waals surface area contributed by atoms with E-state index in [2.05, 4.69) is 20.6 Å². The fourth-order valence-electron chi connectivity index (χ4n) is 2.02. The van der Waals surface area contributed by atoms with Gasteiger partial charge in [0.05, 0.1) is 23.2 Å². The molecule has 7 heteroatoms. The van der Waals surface area contributed by atoms with Crippen LogP contribution in [0.2, 0.25) is 0 Å². The molecule has 1 fully saturated rings. The van der Waals surface area contributed by atoms with Gasteiger partial charge in [-0.1, -0.05) is 0 Å². The zero-order chi connectivity index (χ0) is 13.0. The number of rotatable bonds is 4. The number of hydrogen-bond donors (Lipinski definition) is 1. The Hall–Kier alpha value is -1.76. The van der Waals surface area contributed by atoms with Gasteiger partial charge in [0.1, 0.15) is 5.82 Å². The molecule has 0 aromatic carbocycles. The fourth-order valence-corrected chi connectivity index (χ4v) is 2.02. The van der Waals surface area contributed by atoms with Crippen molar-refractivity contribution in [2.45, 2.75) is 25.8 Å². The van der Waals surface area contributed by atoms with Crippen LogP contribution < -0.4 is 10.3 Å². The zero-order valence-corrected chi connectivity index (χ0v) is 10.6. The minimum Gasteiger partial charge on any atom is -0.384 e. The molecule has 0 aliphatic carbocycles. The number of nitroso groups, excluding NO2 is 1. The zero-order valence-electron chi connectivity index (χ0n) is 10.6. The summed E-state index contributed by atoms with van der Waals surface area (Å²) in [5.74, 6) is 1.15. The van der Waals surface area contributed by atoms with Crippen LogP contribution in [-0.4, -0.2) is 36.3 Å². The predicted octanol–water partition coefficient (Wildman–Crippen LogP) is 1.49. The average molecular weight is 251 g/mol. The first-order chi connectivity index (χ1) is 8.76. The molecule has 98 valence electrons. The van der Waals surface area contributed by atoms with Crippen molar-refractivity contribution in [1.29, 1.82) is 0 Å². The number of aryl methyl sites for hydroxylation is 1. The van der Waals surface area contributed by atoms with Crippen molar-refractivity contribution < 1.29 is 4.74 Å². The van der Waals surface area contributed by atoms with Crippen LogP contribution >= 0.6 is 0 Å². The number of anilines is 2. The lowest BCUT2D eigenvalue weighted by atomic mass is 10.1. The molecule has 0 saturated carbocycles. The van der Waals surface area contributed by atoms with Crippen molar-refractivity contribution in [3.63, 3.8) is 0 Å². The summed E-state index contributed by atoms with van der Waals surface area (Å²) in [6.07, 6.45) is 3.21.